The molecule has 4 fully saturated rings. The van der Waals surface area contributed by atoms with E-state index in [4.69, 9.17) is 0 Å². The second-order valence-corrected chi connectivity index (χ2v) is 8.09. The molecule has 0 aromatic heterocycles. The third kappa shape index (κ3) is 1.39. The van der Waals surface area contributed by atoms with Crippen molar-refractivity contribution < 1.29 is 9.90 Å². The van der Waals surface area contributed by atoms with Crippen LogP contribution in [0.2, 0.25) is 0 Å². The highest BCUT2D eigenvalue weighted by molar-refractivity contribution is 5.53. The van der Waals surface area contributed by atoms with Crippen molar-refractivity contribution in [1.82, 2.24) is 0 Å². The lowest BCUT2D eigenvalue weighted by Gasteiger charge is -2.54. The molecule has 4 aliphatic carbocycles. The molecule has 4 saturated carbocycles. The third-order valence-corrected chi connectivity index (χ3v) is 7.62. The molecule has 0 aromatic carbocycles. The summed E-state index contributed by atoms with van der Waals surface area (Å²) in [6, 6.07) is 0. The second kappa shape index (κ2) is 3.84. The molecule has 1 N–H and O–H groups in total. The molecule has 2 nitrogen and oxygen atoms in total. The van der Waals surface area contributed by atoms with Crippen LogP contribution in [0, 0.1) is 22.7 Å². The summed E-state index contributed by atoms with van der Waals surface area (Å²) in [5, 5.41) is 11.7. The van der Waals surface area contributed by atoms with E-state index >= 15 is 0 Å². The quantitative estimate of drug-likeness (QED) is 0.788. The summed E-state index contributed by atoms with van der Waals surface area (Å²) >= 11 is 0. The Bertz CT molecular complexity index is 354. The molecule has 0 spiro atoms. The first-order valence-corrected chi connectivity index (χ1v) is 8.29. The minimum atomic E-state index is -0.682. The third-order valence-electron chi connectivity index (χ3n) is 7.62. The maximum absolute atomic E-state index is 11.7. The van der Waals surface area contributed by atoms with Crippen LogP contribution < -0.4 is 0 Å². The highest BCUT2D eigenvalue weighted by Gasteiger charge is 2.67. The van der Waals surface area contributed by atoms with Crippen LogP contribution in [0.4, 0.5) is 0 Å². The monoisotopic (exact) mass is 262 g/mol. The topological polar surface area (TPSA) is 37.3 Å². The average molecular weight is 262 g/mol. The van der Waals surface area contributed by atoms with Gasteiger partial charge in [-0.3, -0.25) is 0 Å². The zero-order chi connectivity index (χ0) is 13.1. The van der Waals surface area contributed by atoms with Crippen molar-refractivity contribution in [3.8, 4) is 0 Å². The van der Waals surface area contributed by atoms with Gasteiger partial charge < -0.3 is 9.90 Å². The van der Waals surface area contributed by atoms with Crippen molar-refractivity contribution in [1.29, 1.82) is 0 Å². The number of carbonyl (C=O) groups excluding carboxylic acids is 1. The predicted octanol–water partition coefficient (Wildman–Crippen LogP) is 3.47. The number of hydrogen-bond donors (Lipinski definition) is 1. The first kappa shape index (κ1) is 12.4. The van der Waals surface area contributed by atoms with Gasteiger partial charge in [-0.25, -0.2) is 0 Å². The van der Waals surface area contributed by atoms with Gasteiger partial charge in [0.1, 0.15) is 6.29 Å². The molecule has 0 heterocycles. The number of rotatable bonds is 4. The number of fused-ring (bicyclic) bond motifs is 4. The summed E-state index contributed by atoms with van der Waals surface area (Å²) in [5.74, 6) is 1.68. The largest absolute Gasteiger partial charge is 0.388 e. The molecule has 0 aliphatic heterocycles. The number of aliphatic hydroxyl groups is 1. The molecule has 0 radical (unpaired) electrons. The first-order valence-electron chi connectivity index (χ1n) is 8.29. The van der Waals surface area contributed by atoms with Crippen LogP contribution in [-0.4, -0.2) is 17.0 Å². The summed E-state index contributed by atoms with van der Waals surface area (Å²) in [7, 11) is 0. The van der Waals surface area contributed by atoms with Gasteiger partial charge in [-0.15, -0.1) is 0 Å². The van der Waals surface area contributed by atoms with Crippen molar-refractivity contribution in [3.63, 3.8) is 0 Å². The Morgan fingerprint density at radius 3 is 1.63 bits per heavy atom. The molecule has 19 heavy (non-hydrogen) atoms. The molecular weight excluding hydrogens is 236 g/mol. The molecule has 2 heteroatoms. The Morgan fingerprint density at radius 1 is 0.947 bits per heavy atom. The molecule has 0 atom stereocenters. The zero-order valence-electron chi connectivity index (χ0n) is 11.9. The van der Waals surface area contributed by atoms with Crippen molar-refractivity contribution in [3.05, 3.63) is 0 Å². The second-order valence-electron chi connectivity index (χ2n) is 8.09. The summed E-state index contributed by atoms with van der Waals surface area (Å²) < 4.78 is 0. The van der Waals surface area contributed by atoms with Crippen LogP contribution in [0.3, 0.4) is 0 Å². The zero-order valence-corrected chi connectivity index (χ0v) is 11.9. The summed E-state index contributed by atoms with van der Waals surface area (Å²) in [5.41, 5.74) is -0.492. The van der Waals surface area contributed by atoms with Crippen molar-refractivity contribution in [2.24, 2.45) is 22.7 Å². The fourth-order valence-corrected chi connectivity index (χ4v) is 6.66. The van der Waals surface area contributed by atoms with Crippen molar-refractivity contribution >= 4 is 6.29 Å². The summed E-state index contributed by atoms with van der Waals surface area (Å²) in [6.45, 7) is 0. The minimum Gasteiger partial charge on any atom is -0.388 e. The van der Waals surface area contributed by atoms with E-state index in [0.29, 0.717) is 6.42 Å². The van der Waals surface area contributed by atoms with Crippen LogP contribution >= 0.6 is 0 Å². The van der Waals surface area contributed by atoms with E-state index in [9.17, 15) is 9.90 Å². The smallest absolute Gasteiger partial charge is 0.122 e. The Hall–Kier alpha value is -0.370. The van der Waals surface area contributed by atoms with Crippen LogP contribution in [0.5, 0.6) is 0 Å². The van der Waals surface area contributed by atoms with Crippen molar-refractivity contribution in [2.75, 3.05) is 0 Å². The van der Waals surface area contributed by atoms with Crippen LogP contribution in [0.15, 0.2) is 0 Å². The first-order chi connectivity index (χ1) is 9.13. The molecule has 0 saturated heterocycles. The van der Waals surface area contributed by atoms with Gasteiger partial charge in [-0.1, -0.05) is 0 Å². The summed E-state index contributed by atoms with van der Waals surface area (Å²) in [4.78, 5) is 11.3. The summed E-state index contributed by atoms with van der Waals surface area (Å²) in [6.07, 6.45) is 13.7. The lowest BCUT2D eigenvalue weighted by molar-refractivity contribution is -0.175. The lowest BCUT2D eigenvalue weighted by atomic mass is 9.54. The molecule has 0 aromatic rings. The normalized spacial score (nSPS) is 50.6. The Labute approximate surface area is 116 Å². The highest BCUT2D eigenvalue weighted by Crippen LogP contribution is 2.70. The van der Waals surface area contributed by atoms with Gasteiger partial charge in [-0.2, -0.15) is 0 Å². The molecule has 4 bridgehead atoms. The molecule has 106 valence electrons. The average Bonchev–Trinajstić information content (AvgIpc) is 3.19. The Kier molecular flexibility index (Phi) is 2.50. The maximum Gasteiger partial charge on any atom is 0.122 e. The molecule has 4 rings (SSSR count). The van der Waals surface area contributed by atoms with E-state index in [1.54, 1.807) is 0 Å². The van der Waals surface area contributed by atoms with Gasteiger partial charge in [0.15, 0.2) is 0 Å². The van der Waals surface area contributed by atoms with Gasteiger partial charge in [0.2, 0.25) is 0 Å². The van der Waals surface area contributed by atoms with Gasteiger partial charge in [0.25, 0.3) is 0 Å². The fraction of sp³-hybridized carbons (Fsp3) is 0.941. The van der Waals surface area contributed by atoms with E-state index in [1.807, 2.05) is 0 Å². The molecule has 0 amide bonds. The van der Waals surface area contributed by atoms with E-state index in [1.165, 1.54) is 64.2 Å². The lowest BCUT2D eigenvalue weighted by Crippen LogP contribution is -2.57. The number of carbonyl (C=O) groups is 1. The predicted molar refractivity (Wildman–Crippen MR) is 73.6 cm³/mol. The Balaban J connectivity index is 1.75. The minimum absolute atomic E-state index is 0.0950. The Morgan fingerprint density at radius 2 is 1.37 bits per heavy atom. The highest BCUT2D eigenvalue weighted by atomic mass is 16.3. The SMILES string of the molecule is O=CCC(O)(C12CCC(CC1)C2)C12CCC(CC1)C2. The standard InChI is InChI=1S/C17H26O2/c18-10-9-17(19,15-5-1-13(11-15)2-6-15)16-7-3-14(12-16)4-8-16/h10,13-14,19H,1-9,11-12H2. The molecule has 0 unspecified atom stereocenters. The van der Waals surface area contributed by atoms with Crippen molar-refractivity contribution in [2.45, 2.75) is 76.2 Å². The van der Waals surface area contributed by atoms with Gasteiger partial charge in [0.05, 0.1) is 5.60 Å². The van der Waals surface area contributed by atoms with Gasteiger partial charge in [-0.05, 0) is 76.0 Å². The number of aldehydes is 1. The van der Waals surface area contributed by atoms with E-state index < -0.39 is 5.60 Å². The molecule has 4 aliphatic rings. The van der Waals surface area contributed by atoms with E-state index in [-0.39, 0.29) is 10.8 Å². The van der Waals surface area contributed by atoms with Gasteiger partial charge >= 0.3 is 0 Å². The van der Waals surface area contributed by atoms with Gasteiger partial charge in [0, 0.05) is 17.3 Å². The van der Waals surface area contributed by atoms with Crippen LogP contribution in [-0.2, 0) is 4.79 Å². The van der Waals surface area contributed by atoms with E-state index in [0.717, 1.165) is 18.1 Å². The van der Waals surface area contributed by atoms with E-state index in [2.05, 4.69) is 0 Å². The number of hydrogen-bond acceptors (Lipinski definition) is 2. The van der Waals surface area contributed by atoms with Crippen LogP contribution in [0.1, 0.15) is 70.6 Å². The molecular formula is C17H26O2. The van der Waals surface area contributed by atoms with Crippen LogP contribution in [0.25, 0.3) is 0 Å². The maximum atomic E-state index is 11.7. The fourth-order valence-electron chi connectivity index (χ4n) is 6.66.